The third-order valence-electron chi connectivity index (χ3n) is 4.08. The second-order valence-corrected chi connectivity index (χ2v) is 6.07. The fourth-order valence-corrected chi connectivity index (χ4v) is 2.69. The van der Waals surface area contributed by atoms with Crippen LogP contribution in [0.3, 0.4) is 0 Å². The van der Waals surface area contributed by atoms with Gasteiger partial charge in [-0.1, -0.05) is 6.58 Å². The molecule has 2 aromatic rings. The lowest BCUT2D eigenvalue weighted by atomic mass is 10.0. The number of aryl methyl sites for hydroxylation is 1. The lowest BCUT2D eigenvalue weighted by Gasteiger charge is -2.19. The molecule has 1 aliphatic carbocycles. The van der Waals surface area contributed by atoms with Gasteiger partial charge in [-0.2, -0.15) is 0 Å². The molecule has 3 rings (SSSR count). The number of hydrogen-bond donors (Lipinski definition) is 1. The highest BCUT2D eigenvalue weighted by molar-refractivity contribution is 5.55. The van der Waals surface area contributed by atoms with Crippen molar-refractivity contribution < 1.29 is 4.74 Å². The molecule has 0 atom stereocenters. The third-order valence-corrected chi connectivity index (χ3v) is 4.08. The van der Waals surface area contributed by atoms with Crippen LogP contribution in [-0.4, -0.2) is 27.7 Å². The van der Waals surface area contributed by atoms with E-state index in [4.69, 9.17) is 14.8 Å². The Bertz CT molecular complexity index is 698. The summed E-state index contributed by atoms with van der Waals surface area (Å²) in [6, 6.07) is 4.29. The van der Waals surface area contributed by atoms with Crippen molar-refractivity contribution in [1.82, 2.24) is 19.9 Å². The summed E-state index contributed by atoms with van der Waals surface area (Å²) >= 11 is 0. The van der Waals surface area contributed by atoms with Crippen LogP contribution < -0.4 is 10.1 Å². The molecule has 21 heavy (non-hydrogen) atoms. The van der Waals surface area contributed by atoms with Gasteiger partial charge in [-0.25, -0.2) is 9.50 Å². The minimum Gasteiger partial charge on any atom is -0.493 e. The van der Waals surface area contributed by atoms with Crippen molar-refractivity contribution in [3.63, 3.8) is 0 Å². The number of hydrogen-bond acceptors (Lipinski definition) is 4. The molecule has 0 aromatic carbocycles. The van der Waals surface area contributed by atoms with E-state index in [0.717, 1.165) is 41.5 Å². The average molecular weight is 286 g/mol. The predicted octanol–water partition coefficient (Wildman–Crippen LogP) is 2.59. The largest absolute Gasteiger partial charge is 0.493 e. The van der Waals surface area contributed by atoms with Crippen molar-refractivity contribution in [3.05, 3.63) is 35.9 Å². The molecule has 5 nitrogen and oxygen atoms in total. The van der Waals surface area contributed by atoms with Crippen molar-refractivity contribution >= 4 is 5.65 Å². The molecule has 0 bridgehead atoms. The molecule has 0 saturated heterocycles. The van der Waals surface area contributed by atoms with E-state index in [1.807, 2.05) is 23.6 Å². The van der Waals surface area contributed by atoms with E-state index in [0.29, 0.717) is 6.04 Å². The maximum absolute atomic E-state index is 5.39. The van der Waals surface area contributed by atoms with E-state index in [-0.39, 0.29) is 5.41 Å². The van der Waals surface area contributed by atoms with Crippen LogP contribution in [0.1, 0.15) is 38.2 Å². The molecular formula is C16H22N4O. The number of ether oxygens (including phenoxy) is 1. The summed E-state index contributed by atoms with van der Waals surface area (Å²) in [6.45, 7) is 10.5. The normalized spacial score (nSPS) is 16.2. The lowest BCUT2D eigenvalue weighted by Crippen LogP contribution is -2.29. The van der Waals surface area contributed by atoms with Gasteiger partial charge in [0.05, 0.1) is 12.5 Å². The van der Waals surface area contributed by atoms with E-state index in [2.05, 4.69) is 25.7 Å². The number of aromatic nitrogens is 3. The van der Waals surface area contributed by atoms with Crippen molar-refractivity contribution in [2.24, 2.45) is 0 Å². The maximum atomic E-state index is 5.39. The van der Waals surface area contributed by atoms with Gasteiger partial charge in [0.1, 0.15) is 0 Å². The van der Waals surface area contributed by atoms with Gasteiger partial charge >= 0.3 is 0 Å². The lowest BCUT2D eigenvalue weighted by molar-refractivity contribution is 0.416. The summed E-state index contributed by atoms with van der Waals surface area (Å²) in [5.74, 6) is 1.59. The molecule has 0 aliphatic heterocycles. The van der Waals surface area contributed by atoms with Gasteiger partial charge < -0.3 is 10.1 Å². The zero-order chi connectivity index (χ0) is 15.2. The quantitative estimate of drug-likeness (QED) is 0.918. The Labute approximate surface area is 125 Å². The van der Waals surface area contributed by atoms with Crippen molar-refractivity contribution in [3.8, 4) is 5.75 Å². The second-order valence-electron chi connectivity index (χ2n) is 6.07. The van der Waals surface area contributed by atoms with Gasteiger partial charge in [0.2, 0.25) is 0 Å². The predicted molar refractivity (Wildman–Crippen MR) is 82.6 cm³/mol. The van der Waals surface area contributed by atoms with Crippen molar-refractivity contribution in [2.45, 2.75) is 45.1 Å². The number of methoxy groups -OCH3 is 1. The number of nitrogens with zero attached hydrogens (tertiary/aromatic N) is 3. The summed E-state index contributed by atoms with van der Waals surface area (Å²) in [7, 11) is 1.66. The van der Waals surface area contributed by atoms with Crippen LogP contribution in [-0.2, 0) is 5.41 Å². The number of fused-ring (bicyclic) bond motifs is 1. The molecular weight excluding hydrogens is 264 g/mol. The maximum Gasteiger partial charge on any atom is 0.198 e. The van der Waals surface area contributed by atoms with Crippen LogP contribution in [0.25, 0.3) is 5.65 Å². The van der Waals surface area contributed by atoms with Crippen LogP contribution >= 0.6 is 0 Å². The topological polar surface area (TPSA) is 51.5 Å². The van der Waals surface area contributed by atoms with E-state index in [1.165, 1.54) is 0 Å². The van der Waals surface area contributed by atoms with Gasteiger partial charge in [0.15, 0.2) is 17.2 Å². The Morgan fingerprint density at radius 2 is 2.14 bits per heavy atom. The first-order valence-corrected chi connectivity index (χ1v) is 7.35. The summed E-state index contributed by atoms with van der Waals surface area (Å²) in [5, 5.41) is 8.12. The zero-order valence-corrected chi connectivity index (χ0v) is 13.1. The fourth-order valence-electron chi connectivity index (χ4n) is 2.69. The molecule has 2 heterocycles. The number of pyridine rings is 1. The smallest absolute Gasteiger partial charge is 0.198 e. The molecule has 5 heteroatoms. The molecule has 0 radical (unpaired) electrons. The summed E-state index contributed by atoms with van der Waals surface area (Å²) < 4.78 is 7.25. The highest BCUT2D eigenvalue weighted by Gasteiger charge is 2.51. The first-order chi connectivity index (χ1) is 9.98. The molecule has 0 spiro atoms. The molecule has 2 aromatic heterocycles. The van der Waals surface area contributed by atoms with E-state index in [9.17, 15) is 0 Å². The molecule has 112 valence electrons. The van der Waals surface area contributed by atoms with Crippen LogP contribution in [0.5, 0.6) is 5.75 Å². The van der Waals surface area contributed by atoms with Gasteiger partial charge in [-0.05, 0) is 45.7 Å². The standard InChI is InChI=1S/C16H22N4O/c1-10(2)17-12(4)16(8-9-16)15-18-14-13(21-5)7-6-11(3)20(14)19-15/h6-7,10,17H,4,8-9H2,1-3,5H3. The minimum absolute atomic E-state index is 0.117. The number of allylic oxidation sites excluding steroid dienone is 1. The molecule has 1 saturated carbocycles. The number of nitrogens with one attached hydrogen (secondary N) is 1. The third kappa shape index (κ3) is 2.17. The SMILES string of the molecule is C=C(NC(C)C)C1(c2nc3c(OC)ccc(C)n3n2)CC1. The van der Waals surface area contributed by atoms with Gasteiger partial charge in [0, 0.05) is 17.4 Å². The fraction of sp³-hybridized carbons (Fsp3) is 0.500. The van der Waals surface area contributed by atoms with E-state index < -0.39 is 0 Å². The first kappa shape index (κ1) is 13.9. The summed E-state index contributed by atoms with van der Waals surface area (Å²) in [6.07, 6.45) is 2.09. The van der Waals surface area contributed by atoms with E-state index >= 15 is 0 Å². The molecule has 1 N–H and O–H groups in total. The Balaban J connectivity index is 2.06. The van der Waals surface area contributed by atoms with Crippen LogP contribution in [0.2, 0.25) is 0 Å². The monoisotopic (exact) mass is 286 g/mol. The summed E-state index contributed by atoms with van der Waals surface area (Å²) in [5.41, 5.74) is 2.72. The Morgan fingerprint density at radius 3 is 2.71 bits per heavy atom. The molecule has 1 fully saturated rings. The first-order valence-electron chi connectivity index (χ1n) is 7.35. The van der Waals surface area contributed by atoms with Gasteiger partial charge in [-0.3, -0.25) is 0 Å². The van der Waals surface area contributed by atoms with Gasteiger partial charge in [-0.15, -0.1) is 5.10 Å². The Hall–Kier alpha value is -2.04. The highest BCUT2D eigenvalue weighted by Crippen LogP contribution is 2.51. The molecule has 1 aliphatic rings. The van der Waals surface area contributed by atoms with Gasteiger partial charge in [0.25, 0.3) is 0 Å². The van der Waals surface area contributed by atoms with Crippen LogP contribution in [0.15, 0.2) is 24.4 Å². The Kier molecular flexibility index (Phi) is 3.15. The Morgan fingerprint density at radius 1 is 1.43 bits per heavy atom. The molecule has 0 unspecified atom stereocenters. The second kappa shape index (κ2) is 4.76. The van der Waals surface area contributed by atoms with Crippen LogP contribution in [0.4, 0.5) is 0 Å². The summed E-state index contributed by atoms with van der Waals surface area (Å²) in [4.78, 5) is 4.73. The van der Waals surface area contributed by atoms with E-state index in [1.54, 1.807) is 7.11 Å². The molecule has 0 amide bonds. The minimum atomic E-state index is -0.117. The van der Waals surface area contributed by atoms with Crippen molar-refractivity contribution in [1.29, 1.82) is 0 Å². The number of rotatable bonds is 5. The van der Waals surface area contributed by atoms with Crippen molar-refractivity contribution in [2.75, 3.05) is 7.11 Å². The zero-order valence-electron chi connectivity index (χ0n) is 13.1. The van der Waals surface area contributed by atoms with Crippen LogP contribution in [0, 0.1) is 6.92 Å². The average Bonchev–Trinajstić information content (AvgIpc) is 3.12. The highest BCUT2D eigenvalue weighted by atomic mass is 16.5.